The fourth-order valence-corrected chi connectivity index (χ4v) is 3.59. The van der Waals surface area contributed by atoms with Gasteiger partial charge < -0.3 is 4.74 Å². The molecule has 5 heteroatoms. The molecule has 0 aromatic heterocycles. The Kier molecular flexibility index (Phi) is 5.18. The van der Waals surface area contributed by atoms with Gasteiger partial charge >= 0.3 is 0 Å². The summed E-state index contributed by atoms with van der Waals surface area (Å²) in [5, 5.41) is 1.28. The second-order valence-corrected chi connectivity index (χ2v) is 6.57. The van der Waals surface area contributed by atoms with Crippen LogP contribution in [0, 0.1) is 0 Å². The number of ether oxygens (including phenoxy) is 1. The maximum atomic E-state index is 6.25. The Balaban J connectivity index is 2.38. The number of hydrogen-bond acceptors (Lipinski definition) is 1. The summed E-state index contributed by atoms with van der Waals surface area (Å²) in [7, 11) is 1.60. The normalized spacial score (nSPS) is 12.3. The van der Waals surface area contributed by atoms with Crippen LogP contribution in [0.25, 0.3) is 0 Å². The molecule has 0 fully saturated rings. The van der Waals surface area contributed by atoms with Gasteiger partial charge in [0.15, 0.2) is 0 Å². The molecule has 2 aromatic rings. The van der Waals surface area contributed by atoms with Gasteiger partial charge in [-0.05, 0) is 35.4 Å². The van der Waals surface area contributed by atoms with Crippen molar-refractivity contribution in [2.45, 2.75) is 4.83 Å². The highest BCUT2D eigenvalue weighted by Gasteiger charge is 2.15. The zero-order valence-electron chi connectivity index (χ0n) is 9.96. The van der Waals surface area contributed by atoms with Crippen molar-refractivity contribution >= 4 is 55.1 Å². The predicted octanol–water partition coefficient (Wildman–Crippen LogP) is 6.25. The average molecular weight is 425 g/mol. The minimum atomic E-state index is -0.0171. The molecule has 0 radical (unpaired) electrons. The third kappa shape index (κ3) is 3.46. The standard InChI is InChI=1S/C14H10Br2Cl2O/c1-19-13-5-2-8(6-12(13)18)14(16)10-4-3-9(15)7-11(10)17/h2-7,14H,1H3. The van der Waals surface area contributed by atoms with Gasteiger partial charge in [-0.25, -0.2) is 0 Å². The van der Waals surface area contributed by atoms with Crippen LogP contribution in [0.4, 0.5) is 0 Å². The first-order valence-corrected chi connectivity index (χ1v) is 7.92. The van der Waals surface area contributed by atoms with Crippen LogP contribution in [0.5, 0.6) is 5.75 Å². The second kappa shape index (κ2) is 6.49. The van der Waals surface area contributed by atoms with Gasteiger partial charge in [0.25, 0.3) is 0 Å². The largest absolute Gasteiger partial charge is 0.495 e. The molecule has 0 N–H and O–H groups in total. The molecule has 1 nitrogen and oxygen atoms in total. The van der Waals surface area contributed by atoms with Gasteiger partial charge in [0.05, 0.1) is 17.0 Å². The predicted molar refractivity (Wildman–Crippen MR) is 87.9 cm³/mol. The Morgan fingerprint density at radius 1 is 1.05 bits per heavy atom. The smallest absolute Gasteiger partial charge is 0.137 e. The zero-order chi connectivity index (χ0) is 14.0. The molecule has 19 heavy (non-hydrogen) atoms. The fourth-order valence-electron chi connectivity index (χ4n) is 1.73. The summed E-state index contributed by atoms with van der Waals surface area (Å²) in [5.41, 5.74) is 2.01. The molecule has 0 saturated heterocycles. The lowest BCUT2D eigenvalue weighted by atomic mass is 10.0. The van der Waals surface area contributed by atoms with E-state index in [2.05, 4.69) is 31.9 Å². The van der Waals surface area contributed by atoms with E-state index in [4.69, 9.17) is 27.9 Å². The van der Waals surface area contributed by atoms with Crippen LogP contribution in [0.1, 0.15) is 16.0 Å². The van der Waals surface area contributed by atoms with Crippen LogP contribution in [0.2, 0.25) is 10.0 Å². The molecular weight excluding hydrogens is 415 g/mol. The van der Waals surface area contributed by atoms with Crippen LogP contribution < -0.4 is 4.74 Å². The Hall–Kier alpha value is -0.220. The van der Waals surface area contributed by atoms with Crippen molar-refractivity contribution in [3.8, 4) is 5.75 Å². The third-order valence-electron chi connectivity index (χ3n) is 2.70. The van der Waals surface area contributed by atoms with Gasteiger partial charge in [0.2, 0.25) is 0 Å². The highest BCUT2D eigenvalue weighted by atomic mass is 79.9. The van der Waals surface area contributed by atoms with Crippen molar-refractivity contribution in [1.29, 1.82) is 0 Å². The van der Waals surface area contributed by atoms with Crippen molar-refractivity contribution in [1.82, 2.24) is 0 Å². The maximum absolute atomic E-state index is 6.25. The van der Waals surface area contributed by atoms with Crippen molar-refractivity contribution in [2.24, 2.45) is 0 Å². The van der Waals surface area contributed by atoms with Crippen LogP contribution >= 0.6 is 55.1 Å². The summed E-state index contributed by atoms with van der Waals surface area (Å²) >= 11 is 19.4. The highest BCUT2D eigenvalue weighted by Crippen LogP contribution is 2.38. The monoisotopic (exact) mass is 422 g/mol. The fraction of sp³-hybridized carbons (Fsp3) is 0.143. The molecule has 0 aliphatic carbocycles. The topological polar surface area (TPSA) is 9.23 Å². The lowest BCUT2D eigenvalue weighted by molar-refractivity contribution is 0.415. The van der Waals surface area contributed by atoms with Gasteiger partial charge in [-0.15, -0.1) is 0 Å². The minimum absolute atomic E-state index is 0.0171. The average Bonchev–Trinajstić information content (AvgIpc) is 2.38. The van der Waals surface area contributed by atoms with Crippen LogP contribution in [-0.2, 0) is 0 Å². The Bertz CT molecular complexity index is 602. The molecule has 0 spiro atoms. The highest BCUT2D eigenvalue weighted by molar-refractivity contribution is 9.10. The van der Waals surface area contributed by atoms with E-state index in [0.717, 1.165) is 15.6 Å². The van der Waals surface area contributed by atoms with E-state index in [1.807, 2.05) is 36.4 Å². The quantitative estimate of drug-likeness (QED) is 0.529. The summed E-state index contributed by atoms with van der Waals surface area (Å²) in [4.78, 5) is -0.0171. The molecule has 1 unspecified atom stereocenters. The summed E-state index contributed by atoms with van der Waals surface area (Å²) in [5.74, 6) is 0.659. The van der Waals surface area contributed by atoms with Crippen molar-refractivity contribution in [3.63, 3.8) is 0 Å². The maximum Gasteiger partial charge on any atom is 0.137 e. The number of alkyl halides is 1. The summed E-state index contributed by atoms with van der Waals surface area (Å²) in [6, 6.07) is 11.5. The van der Waals surface area contributed by atoms with Gasteiger partial charge in [0.1, 0.15) is 5.75 Å². The molecule has 0 bridgehead atoms. The van der Waals surface area contributed by atoms with Crippen LogP contribution in [0.15, 0.2) is 40.9 Å². The van der Waals surface area contributed by atoms with E-state index in [1.165, 1.54) is 0 Å². The van der Waals surface area contributed by atoms with E-state index >= 15 is 0 Å². The van der Waals surface area contributed by atoms with Gasteiger partial charge in [-0.2, -0.15) is 0 Å². The Morgan fingerprint density at radius 2 is 1.79 bits per heavy atom. The summed E-state index contributed by atoms with van der Waals surface area (Å²) in [6.07, 6.45) is 0. The molecule has 0 heterocycles. The summed E-state index contributed by atoms with van der Waals surface area (Å²) < 4.78 is 6.10. The first-order chi connectivity index (χ1) is 9.02. The SMILES string of the molecule is COc1ccc(C(Br)c2ccc(Br)cc2Cl)cc1Cl. The van der Waals surface area contributed by atoms with Gasteiger partial charge in [-0.1, -0.05) is 67.2 Å². The van der Waals surface area contributed by atoms with Gasteiger partial charge in [0, 0.05) is 9.50 Å². The molecule has 2 rings (SSSR count). The van der Waals surface area contributed by atoms with Crippen LogP contribution in [0.3, 0.4) is 0 Å². The van der Waals surface area contributed by atoms with E-state index in [-0.39, 0.29) is 4.83 Å². The first kappa shape index (κ1) is 15.2. The van der Waals surface area contributed by atoms with Crippen molar-refractivity contribution in [2.75, 3.05) is 7.11 Å². The molecule has 0 saturated carbocycles. The minimum Gasteiger partial charge on any atom is -0.495 e. The zero-order valence-corrected chi connectivity index (χ0v) is 14.6. The van der Waals surface area contributed by atoms with Gasteiger partial charge in [-0.3, -0.25) is 0 Å². The number of rotatable bonds is 3. The molecule has 100 valence electrons. The number of hydrogen-bond donors (Lipinski definition) is 0. The van der Waals surface area contributed by atoms with E-state index in [9.17, 15) is 0 Å². The number of benzene rings is 2. The lowest BCUT2D eigenvalue weighted by Gasteiger charge is -2.14. The molecular formula is C14H10Br2Cl2O. The van der Waals surface area contributed by atoms with Crippen molar-refractivity contribution < 1.29 is 4.74 Å². The molecule has 0 aliphatic rings. The molecule has 1 atom stereocenters. The Morgan fingerprint density at radius 3 is 2.37 bits per heavy atom. The molecule has 0 aliphatic heterocycles. The number of methoxy groups -OCH3 is 1. The number of halogens is 4. The lowest BCUT2D eigenvalue weighted by Crippen LogP contribution is -1.95. The van der Waals surface area contributed by atoms with E-state index in [0.29, 0.717) is 15.8 Å². The summed E-state index contributed by atoms with van der Waals surface area (Å²) in [6.45, 7) is 0. The molecule has 2 aromatic carbocycles. The van der Waals surface area contributed by atoms with Crippen molar-refractivity contribution in [3.05, 3.63) is 62.0 Å². The van der Waals surface area contributed by atoms with E-state index < -0.39 is 0 Å². The van der Waals surface area contributed by atoms with Crippen LogP contribution in [-0.4, -0.2) is 7.11 Å². The molecule has 0 amide bonds. The Labute approximate surface area is 139 Å². The first-order valence-electron chi connectivity index (χ1n) is 5.45. The van der Waals surface area contributed by atoms with E-state index in [1.54, 1.807) is 7.11 Å². The third-order valence-corrected chi connectivity index (χ3v) is 4.84. The second-order valence-electron chi connectivity index (χ2n) is 3.92.